The summed E-state index contributed by atoms with van der Waals surface area (Å²) in [5.74, 6) is -4.62. The van der Waals surface area contributed by atoms with Crippen LogP contribution >= 0.6 is 0 Å². The maximum atomic E-state index is 12.6. The topological polar surface area (TPSA) is 72.8 Å². The number of hydrogen-bond acceptors (Lipinski definition) is 4. The molecule has 3 rings (SSSR count). The second-order valence-electron chi connectivity index (χ2n) is 5.75. The van der Waals surface area contributed by atoms with E-state index in [1.54, 1.807) is 12.1 Å². The van der Waals surface area contributed by atoms with E-state index >= 15 is 0 Å². The molecule has 0 radical (unpaired) electrons. The van der Waals surface area contributed by atoms with Crippen LogP contribution in [0.3, 0.4) is 0 Å². The second-order valence-corrected chi connectivity index (χ2v) is 9.43. The van der Waals surface area contributed by atoms with Gasteiger partial charge in [-0.3, -0.25) is 0 Å². The van der Waals surface area contributed by atoms with Gasteiger partial charge in [0.1, 0.15) is 0 Å². The zero-order chi connectivity index (χ0) is 19.7. The second kappa shape index (κ2) is 9.52. The first kappa shape index (κ1) is 23.7. The van der Waals surface area contributed by atoms with E-state index in [2.05, 4.69) is 8.16 Å². The molecule has 0 amide bonds. The molecule has 5 nitrogen and oxygen atoms in total. The molecule has 144 valence electrons. The van der Waals surface area contributed by atoms with Gasteiger partial charge in [-0.25, -0.2) is 12.6 Å². The van der Waals surface area contributed by atoms with E-state index in [0.717, 1.165) is 21.5 Å². The van der Waals surface area contributed by atoms with Crippen LogP contribution in [-0.4, -0.2) is 24.1 Å². The molecular weight excluding hydrogens is 442 g/mol. The number of sulfonamides is 1. The van der Waals surface area contributed by atoms with Crippen LogP contribution in [0.15, 0.2) is 58.4 Å². The minimum Gasteiger partial charge on any atom is -0.211 e. The number of aryl methyl sites for hydroxylation is 1. The molecule has 0 aliphatic rings. The molecule has 0 bridgehead atoms. The average Bonchev–Trinajstić information content (AvgIpc) is 2.64. The van der Waals surface area contributed by atoms with E-state index in [1.807, 2.05) is 42.5 Å². The van der Waals surface area contributed by atoms with Gasteiger partial charge in [0, 0.05) is 0 Å². The van der Waals surface area contributed by atoms with Crippen molar-refractivity contribution in [3.05, 3.63) is 60.2 Å². The Balaban J connectivity index is 0.00000280. The Morgan fingerprint density at radius 3 is 1.89 bits per heavy atom. The molecule has 0 saturated heterocycles. The van der Waals surface area contributed by atoms with Gasteiger partial charge in [0.05, 0.1) is 5.75 Å². The number of halogens is 3. The number of alkyl halides is 2. The predicted molar refractivity (Wildman–Crippen MR) is 97.7 cm³/mol. The molecule has 1 unspecified atom stereocenters. The van der Waals surface area contributed by atoms with Crippen LogP contribution in [0, 0.1) is 0 Å². The van der Waals surface area contributed by atoms with Crippen molar-refractivity contribution in [2.75, 3.05) is 5.75 Å². The summed E-state index contributed by atoms with van der Waals surface area (Å²) < 4.78 is 78.0. The van der Waals surface area contributed by atoms with E-state index in [4.69, 9.17) is 0 Å². The standard InChI is InChI=1S/C17H14F3NO4S2.K/c18-17(19)27(24,25-20)21-26(22,23)10-9-16-14-7-3-1-5-12(14)11-13-6-2-4-8-15(13)16;/h1-8,11,17H,9-10H2;/q;+1. The Bertz CT molecular complexity index is 1170. The SMILES string of the molecule is O=S(=O)(CCc1c2ccccc2cc2ccccc12)N=S(=O)(OF)C(F)F.[K+]. The van der Waals surface area contributed by atoms with Gasteiger partial charge in [-0.1, -0.05) is 56.7 Å². The van der Waals surface area contributed by atoms with Gasteiger partial charge in [0.15, 0.2) is 0 Å². The molecule has 0 saturated carbocycles. The first-order chi connectivity index (χ1) is 12.8. The number of benzene rings is 3. The van der Waals surface area contributed by atoms with Crippen LogP contribution in [0.1, 0.15) is 5.56 Å². The Morgan fingerprint density at radius 2 is 1.43 bits per heavy atom. The molecule has 0 spiro atoms. The Labute approximate surface area is 203 Å². The van der Waals surface area contributed by atoms with Gasteiger partial charge in [0.25, 0.3) is 20.0 Å². The molecule has 0 aromatic heterocycles. The molecule has 3 aromatic carbocycles. The molecule has 1 atom stereocenters. The molecule has 0 aliphatic carbocycles. The fourth-order valence-electron chi connectivity index (χ4n) is 2.88. The van der Waals surface area contributed by atoms with Gasteiger partial charge in [-0.15, -0.1) is 0 Å². The van der Waals surface area contributed by atoms with Crippen LogP contribution in [0.4, 0.5) is 13.3 Å². The molecule has 28 heavy (non-hydrogen) atoms. The molecule has 11 heteroatoms. The Kier molecular flexibility index (Phi) is 8.07. The number of fused-ring (bicyclic) bond motifs is 2. The summed E-state index contributed by atoms with van der Waals surface area (Å²) in [6.45, 7) is 0. The third-order valence-corrected chi connectivity index (χ3v) is 7.12. The quantitative estimate of drug-likeness (QED) is 0.415. The third-order valence-electron chi connectivity index (χ3n) is 4.03. The monoisotopic (exact) mass is 456 g/mol. The molecule has 0 aliphatic heterocycles. The van der Waals surface area contributed by atoms with Gasteiger partial charge in [-0.2, -0.15) is 8.78 Å². The van der Waals surface area contributed by atoms with Crippen molar-refractivity contribution in [2.45, 2.75) is 12.2 Å². The van der Waals surface area contributed by atoms with E-state index in [0.29, 0.717) is 5.56 Å². The number of rotatable bonds is 6. The summed E-state index contributed by atoms with van der Waals surface area (Å²) >= 11 is 0. The zero-order valence-electron chi connectivity index (χ0n) is 14.7. The normalized spacial score (nSPS) is 14.0. The van der Waals surface area contributed by atoms with Crippen molar-refractivity contribution in [1.29, 1.82) is 0 Å². The predicted octanol–water partition coefficient (Wildman–Crippen LogP) is 1.38. The largest absolute Gasteiger partial charge is 1.00 e. The van der Waals surface area contributed by atoms with Crippen molar-refractivity contribution in [3.63, 3.8) is 0 Å². The van der Waals surface area contributed by atoms with Gasteiger partial charge < -0.3 is 0 Å². The van der Waals surface area contributed by atoms with E-state index in [1.165, 1.54) is 0 Å². The van der Waals surface area contributed by atoms with E-state index < -0.39 is 31.5 Å². The third kappa shape index (κ3) is 5.14. The fourth-order valence-corrected chi connectivity index (χ4v) is 5.31. The zero-order valence-corrected chi connectivity index (χ0v) is 19.5. The van der Waals surface area contributed by atoms with Crippen molar-refractivity contribution >= 4 is 41.6 Å². The smallest absolute Gasteiger partial charge is 0.211 e. The fraction of sp³-hybridized carbons (Fsp3) is 0.176. The maximum Gasteiger partial charge on any atom is 1.00 e. The number of hydrogen-bond donors (Lipinski definition) is 0. The Morgan fingerprint density at radius 1 is 0.929 bits per heavy atom. The minimum atomic E-state index is -5.25. The van der Waals surface area contributed by atoms with Crippen LogP contribution in [0.2, 0.25) is 0 Å². The average molecular weight is 457 g/mol. The summed E-state index contributed by atoms with van der Waals surface area (Å²) in [4.78, 5) is 0. The molecular formula is C17H14F3KNO4S2+. The van der Waals surface area contributed by atoms with Crippen molar-refractivity contribution in [3.8, 4) is 0 Å². The molecule has 0 fully saturated rings. The minimum absolute atomic E-state index is 0. The molecule has 0 N–H and O–H groups in total. The number of nitrogens with zero attached hydrogens (tertiary/aromatic N) is 1. The van der Waals surface area contributed by atoms with Crippen LogP contribution < -0.4 is 51.4 Å². The summed E-state index contributed by atoms with van der Waals surface area (Å²) in [5, 5.41) is 3.35. The van der Waals surface area contributed by atoms with Gasteiger partial charge in [-0.05, 0) is 44.1 Å². The summed E-state index contributed by atoms with van der Waals surface area (Å²) in [7, 11) is -9.88. The summed E-state index contributed by atoms with van der Waals surface area (Å²) in [6, 6.07) is 16.6. The van der Waals surface area contributed by atoms with Crippen LogP contribution in [-0.2, 0) is 30.8 Å². The maximum absolute atomic E-state index is 12.6. The van der Waals surface area contributed by atoms with Gasteiger partial charge in [0.2, 0.25) is 0 Å². The van der Waals surface area contributed by atoms with Gasteiger partial charge >= 0.3 is 57.1 Å². The van der Waals surface area contributed by atoms with E-state index in [9.17, 15) is 25.9 Å². The van der Waals surface area contributed by atoms with Crippen LogP contribution in [0.25, 0.3) is 21.5 Å². The van der Waals surface area contributed by atoms with Crippen LogP contribution in [0.5, 0.6) is 0 Å². The first-order valence-electron chi connectivity index (χ1n) is 7.73. The van der Waals surface area contributed by atoms with Crippen molar-refractivity contribution < 1.29 is 81.7 Å². The van der Waals surface area contributed by atoms with E-state index in [-0.39, 0.29) is 57.8 Å². The van der Waals surface area contributed by atoms with Crippen molar-refractivity contribution in [2.24, 2.45) is 3.77 Å². The van der Waals surface area contributed by atoms with Crippen molar-refractivity contribution in [1.82, 2.24) is 0 Å². The Hall–Kier alpha value is -0.534. The molecule has 3 aromatic rings. The first-order valence-corrected chi connectivity index (χ1v) is 10.8. The summed E-state index contributed by atoms with van der Waals surface area (Å²) in [5.41, 5.74) is 0.673. The summed E-state index contributed by atoms with van der Waals surface area (Å²) in [6.07, 6.45) is -0.0846. The molecule has 0 heterocycles.